The van der Waals surface area contributed by atoms with Crippen LogP contribution in [-0.2, 0) is 21.5 Å². The van der Waals surface area contributed by atoms with E-state index >= 15 is 0 Å². The molecule has 0 N–H and O–H groups in total. The molecule has 1 aromatic rings. The van der Waals surface area contributed by atoms with E-state index < -0.39 is 0 Å². The van der Waals surface area contributed by atoms with Crippen LogP contribution >= 0.6 is 0 Å². The van der Waals surface area contributed by atoms with Crippen LogP contribution in [0.5, 0.6) is 0 Å². The maximum absolute atomic E-state index is 5.94. The van der Waals surface area contributed by atoms with E-state index in [1.165, 1.54) is 0 Å². The Kier molecular flexibility index (Phi) is 4.37. The highest BCUT2D eigenvalue weighted by atomic mass is 16.5. The molecule has 134 valence electrons. The molecule has 5 heteroatoms. The zero-order valence-electron chi connectivity index (χ0n) is 16.1. The normalized spacial score (nSPS) is 28.4. The lowest BCUT2D eigenvalue weighted by molar-refractivity contribution is -0.101. The van der Waals surface area contributed by atoms with Crippen molar-refractivity contribution in [3.05, 3.63) is 17.6 Å². The topological polar surface area (TPSA) is 47.5 Å². The fraction of sp³-hybridized carbons (Fsp3) is 0.789. The monoisotopic (exact) mass is 333 g/mol. The van der Waals surface area contributed by atoms with Crippen LogP contribution in [0.15, 0.2) is 6.07 Å². The van der Waals surface area contributed by atoms with Gasteiger partial charge in [0.1, 0.15) is 11.6 Å². The molecule has 1 aliphatic carbocycles. The average molecular weight is 333 g/mol. The van der Waals surface area contributed by atoms with Gasteiger partial charge in [0.2, 0.25) is 0 Å². The summed E-state index contributed by atoms with van der Waals surface area (Å²) in [5, 5.41) is 0. The molecule has 0 amide bonds. The van der Waals surface area contributed by atoms with Crippen molar-refractivity contribution in [2.45, 2.75) is 65.2 Å². The van der Waals surface area contributed by atoms with Crippen molar-refractivity contribution in [3.63, 3.8) is 0 Å². The Balaban J connectivity index is 1.94. The van der Waals surface area contributed by atoms with Crippen molar-refractivity contribution in [2.75, 3.05) is 25.7 Å². The lowest BCUT2D eigenvalue weighted by Gasteiger charge is -2.58. The van der Waals surface area contributed by atoms with Gasteiger partial charge >= 0.3 is 0 Å². The number of anilines is 1. The number of hydrogen-bond donors (Lipinski definition) is 0. The van der Waals surface area contributed by atoms with Crippen LogP contribution in [0.1, 0.15) is 52.6 Å². The molecule has 3 rings (SSSR count). The molecule has 1 aromatic heterocycles. The summed E-state index contributed by atoms with van der Waals surface area (Å²) in [6.07, 6.45) is 1.53. The van der Waals surface area contributed by atoms with Crippen molar-refractivity contribution in [3.8, 4) is 0 Å². The quantitative estimate of drug-likeness (QED) is 0.847. The molecule has 2 fully saturated rings. The van der Waals surface area contributed by atoms with Gasteiger partial charge in [-0.25, -0.2) is 9.97 Å². The third-order valence-corrected chi connectivity index (χ3v) is 5.55. The highest BCUT2D eigenvalue weighted by Crippen LogP contribution is 2.54. The lowest BCUT2D eigenvalue weighted by Crippen LogP contribution is -2.66. The number of rotatable bonds is 4. The zero-order chi connectivity index (χ0) is 17.7. The van der Waals surface area contributed by atoms with Crippen molar-refractivity contribution in [2.24, 2.45) is 11.3 Å². The van der Waals surface area contributed by atoms with Crippen LogP contribution in [-0.4, -0.2) is 42.9 Å². The molecule has 1 saturated carbocycles. The van der Waals surface area contributed by atoms with E-state index in [2.05, 4.69) is 52.6 Å². The number of fused-ring (bicyclic) bond motifs is 1. The molecule has 0 radical (unpaired) electrons. The second-order valence-corrected chi connectivity index (χ2v) is 8.85. The van der Waals surface area contributed by atoms with Crippen LogP contribution in [0.4, 0.5) is 5.82 Å². The minimum absolute atomic E-state index is 0.0898. The maximum atomic E-state index is 5.94. The Bertz CT molecular complexity index is 609. The molecule has 1 saturated heterocycles. The SMILES string of the molecule is COCc1cc(N(C)C2C3CCOC3C2(C)C)nc(C(C)(C)C)n1. The van der Waals surface area contributed by atoms with E-state index in [4.69, 9.17) is 19.4 Å². The summed E-state index contributed by atoms with van der Waals surface area (Å²) in [5.41, 5.74) is 0.994. The van der Waals surface area contributed by atoms with Crippen molar-refractivity contribution in [1.82, 2.24) is 9.97 Å². The van der Waals surface area contributed by atoms with Crippen LogP contribution in [0.25, 0.3) is 0 Å². The Labute approximate surface area is 145 Å². The summed E-state index contributed by atoms with van der Waals surface area (Å²) in [6, 6.07) is 2.51. The van der Waals surface area contributed by atoms with Crippen molar-refractivity contribution in [1.29, 1.82) is 0 Å². The smallest absolute Gasteiger partial charge is 0.136 e. The lowest BCUT2D eigenvalue weighted by atomic mass is 9.57. The van der Waals surface area contributed by atoms with Gasteiger partial charge in [-0.2, -0.15) is 0 Å². The standard InChI is InChI=1S/C19H31N3O2/c1-18(2,3)17-20-12(11-23-7)10-14(21-17)22(6)15-13-8-9-24-16(13)19(15,4)5/h10,13,15-16H,8-9,11H2,1-7H3. The third-order valence-electron chi connectivity index (χ3n) is 5.55. The first kappa shape index (κ1) is 17.6. The number of methoxy groups -OCH3 is 1. The number of ether oxygens (including phenoxy) is 2. The van der Waals surface area contributed by atoms with Crippen LogP contribution in [0.2, 0.25) is 0 Å². The van der Waals surface area contributed by atoms with Gasteiger partial charge in [-0.3, -0.25) is 0 Å². The summed E-state index contributed by atoms with van der Waals surface area (Å²) in [5.74, 6) is 2.46. The van der Waals surface area contributed by atoms with E-state index in [1.54, 1.807) is 7.11 Å². The van der Waals surface area contributed by atoms with E-state index in [1.807, 2.05) is 0 Å². The largest absolute Gasteiger partial charge is 0.378 e. The van der Waals surface area contributed by atoms with Gasteiger partial charge < -0.3 is 14.4 Å². The van der Waals surface area contributed by atoms with Gasteiger partial charge in [0.25, 0.3) is 0 Å². The Morgan fingerprint density at radius 2 is 2.04 bits per heavy atom. The van der Waals surface area contributed by atoms with Gasteiger partial charge in [0.15, 0.2) is 0 Å². The fourth-order valence-corrected chi connectivity index (χ4v) is 4.45. The van der Waals surface area contributed by atoms with Crippen molar-refractivity contribution < 1.29 is 9.47 Å². The minimum atomic E-state index is -0.0898. The van der Waals surface area contributed by atoms with Gasteiger partial charge in [0.05, 0.1) is 18.4 Å². The van der Waals surface area contributed by atoms with Crippen molar-refractivity contribution >= 4 is 5.82 Å². The second kappa shape index (κ2) is 5.95. The Morgan fingerprint density at radius 3 is 2.67 bits per heavy atom. The molecule has 0 aromatic carbocycles. The molecule has 2 heterocycles. The number of nitrogens with zero attached hydrogens (tertiary/aromatic N) is 3. The summed E-state index contributed by atoms with van der Waals surface area (Å²) >= 11 is 0. The molecule has 3 unspecified atom stereocenters. The summed E-state index contributed by atoms with van der Waals surface area (Å²) in [6.45, 7) is 12.5. The molecule has 5 nitrogen and oxygen atoms in total. The first-order valence-electron chi connectivity index (χ1n) is 8.88. The van der Waals surface area contributed by atoms with Crippen LogP contribution in [0, 0.1) is 11.3 Å². The molecular formula is C19H31N3O2. The zero-order valence-corrected chi connectivity index (χ0v) is 16.1. The molecule has 0 bridgehead atoms. The molecular weight excluding hydrogens is 302 g/mol. The molecule has 3 atom stereocenters. The number of hydrogen-bond acceptors (Lipinski definition) is 5. The van der Waals surface area contributed by atoms with Gasteiger partial charge in [-0.15, -0.1) is 0 Å². The van der Waals surface area contributed by atoms with Gasteiger partial charge in [-0.1, -0.05) is 34.6 Å². The summed E-state index contributed by atoms with van der Waals surface area (Å²) in [4.78, 5) is 11.9. The average Bonchev–Trinajstić information content (AvgIpc) is 2.92. The second-order valence-electron chi connectivity index (χ2n) is 8.85. The number of aromatic nitrogens is 2. The van der Waals surface area contributed by atoms with E-state index in [0.29, 0.717) is 24.7 Å². The first-order chi connectivity index (χ1) is 11.2. The fourth-order valence-electron chi connectivity index (χ4n) is 4.45. The van der Waals surface area contributed by atoms with E-state index in [-0.39, 0.29) is 10.8 Å². The van der Waals surface area contributed by atoms with Gasteiger partial charge in [-0.05, 0) is 6.42 Å². The predicted molar refractivity (Wildman–Crippen MR) is 95.3 cm³/mol. The first-order valence-corrected chi connectivity index (χ1v) is 8.88. The van der Waals surface area contributed by atoms with Crippen LogP contribution < -0.4 is 4.90 Å². The highest BCUT2D eigenvalue weighted by Gasteiger charge is 2.61. The molecule has 0 spiro atoms. The predicted octanol–water partition coefficient (Wildman–Crippen LogP) is 3.17. The maximum Gasteiger partial charge on any atom is 0.136 e. The molecule has 1 aliphatic heterocycles. The summed E-state index contributed by atoms with van der Waals surface area (Å²) < 4.78 is 11.3. The van der Waals surface area contributed by atoms with Crippen LogP contribution in [0.3, 0.4) is 0 Å². The third kappa shape index (κ3) is 2.82. The molecule has 2 aliphatic rings. The molecule has 24 heavy (non-hydrogen) atoms. The Morgan fingerprint density at radius 1 is 1.33 bits per heavy atom. The van der Waals surface area contributed by atoms with E-state index in [0.717, 1.165) is 30.4 Å². The summed E-state index contributed by atoms with van der Waals surface area (Å²) in [7, 11) is 3.87. The minimum Gasteiger partial charge on any atom is -0.378 e. The van der Waals surface area contributed by atoms with E-state index in [9.17, 15) is 0 Å². The Hall–Kier alpha value is -1.20. The van der Waals surface area contributed by atoms with Gasteiger partial charge in [0, 0.05) is 49.6 Å². The highest BCUT2D eigenvalue weighted by molar-refractivity contribution is 5.44.